The van der Waals surface area contributed by atoms with Crippen LogP contribution in [0.15, 0.2) is 48.5 Å². The van der Waals surface area contributed by atoms with Gasteiger partial charge in [0.1, 0.15) is 6.61 Å². The van der Waals surface area contributed by atoms with Gasteiger partial charge >= 0.3 is 11.9 Å². The molecule has 6 nitrogen and oxygen atoms in total. The molecule has 6 heteroatoms. The molecule has 1 saturated heterocycles. The van der Waals surface area contributed by atoms with Gasteiger partial charge in [0.25, 0.3) is 0 Å². The number of carbonyl (C=O) groups is 2. The van der Waals surface area contributed by atoms with Gasteiger partial charge in [-0.25, -0.2) is 9.59 Å². The second kappa shape index (κ2) is 8.79. The third-order valence-corrected chi connectivity index (χ3v) is 4.76. The Hall–Kier alpha value is -2.70. The number of carboxylic acid groups (broad SMARTS) is 1. The number of benzene rings is 2. The lowest BCUT2D eigenvalue weighted by Crippen LogP contribution is -2.43. The molecule has 2 aromatic carbocycles. The predicted octanol–water partition coefficient (Wildman–Crippen LogP) is 2.49. The molecule has 1 heterocycles. The summed E-state index contributed by atoms with van der Waals surface area (Å²) in [6.07, 6.45) is 0. The van der Waals surface area contributed by atoms with Crippen molar-refractivity contribution < 1.29 is 19.4 Å². The highest BCUT2D eigenvalue weighted by Gasteiger charge is 2.14. The van der Waals surface area contributed by atoms with Crippen molar-refractivity contribution in [3.05, 3.63) is 70.8 Å². The third kappa shape index (κ3) is 5.39. The molecule has 0 radical (unpaired) electrons. The first-order valence-electron chi connectivity index (χ1n) is 9.00. The molecule has 27 heavy (non-hydrogen) atoms. The summed E-state index contributed by atoms with van der Waals surface area (Å²) in [5.74, 6) is -1.36. The van der Waals surface area contributed by atoms with E-state index in [0.29, 0.717) is 5.56 Å². The van der Waals surface area contributed by atoms with E-state index in [0.717, 1.165) is 38.3 Å². The first-order chi connectivity index (χ1) is 13.0. The van der Waals surface area contributed by atoms with Crippen LogP contribution in [0.5, 0.6) is 0 Å². The summed E-state index contributed by atoms with van der Waals surface area (Å²) in [6.45, 7) is 5.28. The number of hydrogen-bond donors (Lipinski definition) is 1. The van der Waals surface area contributed by atoms with E-state index in [9.17, 15) is 9.59 Å². The molecule has 3 rings (SSSR count). The van der Waals surface area contributed by atoms with Crippen LogP contribution in [-0.4, -0.2) is 60.1 Å². The van der Waals surface area contributed by atoms with Crippen molar-refractivity contribution in [2.45, 2.75) is 13.2 Å². The Morgan fingerprint density at radius 1 is 0.889 bits per heavy atom. The van der Waals surface area contributed by atoms with Gasteiger partial charge in [0.05, 0.1) is 11.1 Å². The molecule has 2 aromatic rings. The Morgan fingerprint density at radius 2 is 1.44 bits per heavy atom. The van der Waals surface area contributed by atoms with E-state index >= 15 is 0 Å². The highest BCUT2D eigenvalue weighted by molar-refractivity contribution is 5.89. The number of carboxylic acids is 1. The number of nitrogens with zero attached hydrogens (tertiary/aromatic N) is 2. The minimum absolute atomic E-state index is 0.113. The van der Waals surface area contributed by atoms with Crippen LogP contribution in [0.4, 0.5) is 0 Å². The van der Waals surface area contributed by atoms with E-state index in [4.69, 9.17) is 9.84 Å². The van der Waals surface area contributed by atoms with Gasteiger partial charge in [-0.05, 0) is 42.4 Å². The Morgan fingerprint density at radius 3 is 2.04 bits per heavy atom. The summed E-state index contributed by atoms with van der Waals surface area (Å²) in [7, 11) is 2.14. The molecule has 1 aliphatic rings. The average Bonchev–Trinajstić information content (AvgIpc) is 2.69. The summed E-state index contributed by atoms with van der Waals surface area (Å²) >= 11 is 0. The number of esters is 1. The zero-order valence-corrected chi connectivity index (χ0v) is 15.4. The van der Waals surface area contributed by atoms with Crippen LogP contribution in [0.3, 0.4) is 0 Å². The van der Waals surface area contributed by atoms with Crippen LogP contribution in [0, 0.1) is 0 Å². The lowest BCUT2D eigenvalue weighted by atomic mass is 10.1. The smallest absolute Gasteiger partial charge is 0.338 e. The monoisotopic (exact) mass is 368 g/mol. The zero-order valence-electron chi connectivity index (χ0n) is 15.4. The number of carbonyl (C=O) groups excluding carboxylic acids is 1. The summed E-state index contributed by atoms with van der Waals surface area (Å²) in [5.41, 5.74) is 2.65. The molecule has 1 N–H and O–H groups in total. The molecule has 0 aliphatic carbocycles. The number of rotatable bonds is 6. The third-order valence-electron chi connectivity index (χ3n) is 4.76. The van der Waals surface area contributed by atoms with Crippen LogP contribution in [-0.2, 0) is 17.9 Å². The summed E-state index contributed by atoms with van der Waals surface area (Å²) in [6, 6.07) is 13.8. The fourth-order valence-electron chi connectivity index (χ4n) is 2.99. The topological polar surface area (TPSA) is 70.1 Å². The Kier molecular flexibility index (Phi) is 6.21. The maximum absolute atomic E-state index is 12.2. The maximum Gasteiger partial charge on any atom is 0.338 e. The summed E-state index contributed by atoms with van der Waals surface area (Å²) in [5, 5.41) is 8.89. The van der Waals surface area contributed by atoms with E-state index in [1.165, 1.54) is 17.7 Å². The largest absolute Gasteiger partial charge is 0.478 e. The van der Waals surface area contributed by atoms with Crippen molar-refractivity contribution in [1.82, 2.24) is 9.80 Å². The van der Waals surface area contributed by atoms with E-state index in [1.807, 2.05) is 12.1 Å². The van der Waals surface area contributed by atoms with Crippen LogP contribution in [0.25, 0.3) is 0 Å². The van der Waals surface area contributed by atoms with E-state index in [-0.39, 0.29) is 18.1 Å². The van der Waals surface area contributed by atoms with Gasteiger partial charge < -0.3 is 14.7 Å². The van der Waals surface area contributed by atoms with Gasteiger partial charge in [0.15, 0.2) is 0 Å². The van der Waals surface area contributed by atoms with Crippen molar-refractivity contribution >= 4 is 11.9 Å². The SMILES string of the molecule is CN1CCN(Cc2ccc(C(=O)OCc3ccc(C(=O)O)cc3)cc2)CC1. The fraction of sp³-hybridized carbons (Fsp3) is 0.333. The van der Waals surface area contributed by atoms with E-state index in [2.05, 4.69) is 16.8 Å². The predicted molar refractivity (Wildman–Crippen MR) is 102 cm³/mol. The molecular weight excluding hydrogens is 344 g/mol. The van der Waals surface area contributed by atoms with Crippen molar-refractivity contribution in [1.29, 1.82) is 0 Å². The fourth-order valence-corrected chi connectivity index (χ4v) is 2.99. The van der Waals surface area contributed by atoms with Crippen LogP contribution in [0.1, 0.15) is 31.8 Å². The second-order valence-electron chi connectivity index (χ2n) is 6.85. The number of aromatic carboxylic acids is 1. The minimum Gasteiger partial charge on any atom is -0.478 e. The molecular formula is C21H24N2O4. The first-order valence-corrected chi connectivity index (χ1v) is 9.00. The second-order valence-corrected chi connectivity index (χ2v) is 6.85. The zero-order chi connectivity index (χ0) is 19.2. The van der Waals surface area contributed by atoms with Crippen LogP contribution >= 0.6 is 0 Å². The molecule has 142 valence electrons. The summed E-state index contributed by atoms with van der Waals surface area (Å²) in [4.78, 5) is 27.8. The van der Waals surface area contributed by atoms with Gasteiger partial charge in [-0.2, -0.15) is 0 Å². The van der Waals surface area contributed by atoms with Gasteiger partial charge in [-0.15, -0.1) is 0 Å². The normalized spacial score (nSPS) is 15.4. The lowest BCUT2D eigenvalue weighted by molar-refractivity contribution is 0.0472. The average molecular weight is 368 g/mol. The maximum atomic E-state index is 12.2. The standard InChI is InChI=1S/C21H24N2O4/c1-22-10-12-23(13-11-22)14-16-2-8-19(9-3-16)21(26)27-15-17-4-6-18(7-5-17)20(24)25/h2-9H,10-15H2,1H3,(H,24,25). The number of likely N-dealkylation sites (N-methyl/N-ethyl adjacent to an activating group) is 1. The lowest BCUT2D eigenvalue weighted by Gasteiger charge is -2.32. The van der Waals surface area contributed by atoms with Gasteiger partial charge in [-0.3, -0.25) is 4.90 Å². The molecule has 0 aromatic heterocycles. The van der Waals surface area contributed by atoms with E-state index < -0.39 is 5.97 Å². The quantitative estimate of drug-likeness (QED) is 0.790. The highest BCUT2D eigenvalue weighted by Crippen LogP contribution is 2.12. The van der Waals surface area contributed by atoms with Gasteiger partial charge in [0.2, 0.25) is 0 Å². The molecule has 0 saturated carbocycles. The Balaban J connectivity index is 1.50. The molecule has 0 atom stereocenters. The van der Waals surface area contributed by atoms with Crippen molar-refractivity contribution in [3.63, 3.8) is 0 Å². The molecule has 1 fully saturated rings. The first kappa shape index (κ1) is 19.1. The molecule has 0 spiro atoms. The van der Waals surface area contributed by atoms with Crippen molar-refractivity contribution in [2.24, 2.45) is 0 Å². The van der Waals surface area contributed by atoms with Crippen molar-refractivity contribution in [2.75, 3.05) is 33.2 Å². The number of hydrogen-bond acceptors (Lipinski definition) is 5. The van der Waals surface area contributed by atoms with Crippen molar-refractivity contribution in [3.8, 4) is 0 Å². The molecule has 0 unspecified atom stereocenters. The highest BCUT2D eigenvalue weighted by atomic mass is 16.5. The Bertz CT molecular complexity index is 779. The van der Waals surface area contributed by atoms with Crippen LogP contribution < -0.4 is 0 Å². The van der Waals surface area contributed by atoms with E-state index in [1.54, 1.807) is 24.3 Å². The molecule has 0 bridgehead atoms. The summed E-state index contributed by atoms with van der Waals surface area (Å²) < 4.78 is 5.31. The van der Waals surface area contributed by atoms with Gasteiger partial charge in [0, 0.05) is 32.7 Å². The molecule has 1 aliphatic heterocycles. The van der Waals surface area contributed by atoms with Crippen LogP contribution in [0.2, 0.25) is 0 Å². The Labute approximate surface area is 159 Å². The van der Waals surface area contributed by atoms with Gasteiger partial charge in [-0.1, -0.05) is 24.3 Å². The number of ether oxygens (including phenoxy) is 1. The minimum atomic E-state index is -0.977. The molecule has 0 amide bonds. The number of piperazine rings is 1.